The van der Waals surface area contributed by atoms with E-state index in [4.69, 9.17) is 9.47 Å². The van der Waals surface area contributed by atoms with Crippen molar-refractivity contribution < 1.29 is 19.2 Å². The summed E-state index contributed by atoms with van der Waals surface area (Å²) in [5.74, 6) is 1.29. The molecule has 0 saturated carbocycles. The van der Waals surface area contributed by atoms with Crippen molar-refractivity contribution in [1.82, 2.24) is 4.90 Å². The number of nitro groups is 1. The number of para-hydroxylation sites is 2. The minimum absolute atomic E-state index is 0.00523. The number of hydrogen-bond acceptors (Lipinski definition) is 7. The summed E-state index contributed by atoms with van der Waals surface area (Å²) in [6, 6.07) is 14.2. The third-order valence-corrected chi connectivity index (χ3v) is 6.69. The van der Waals surface area contributed by atoms with Crippen LogP contribution in [0.3, 0.4) is 0 Å². The smallest absolute Gasteiger partial charge is 0.292 e. The molecule has 1 amide bonds. The Morgan fingerprint density at radius 1 is 1.18 bits per heavy atom. The molecular formula is C24H25N3O5S. The second-order valence-corrected chi connectivity index (χ2v) is 8.59. The van der Waals surface area contributed by atoms with Gasteiger partial charge in [-0.2, -0.15) is 0 Å². The lowest BCUT2D eigenvalue weighted by molar-refractivity contribution is -0.384. The SMILES string of the molecule is COc1cc2c(cc1OC)C(c1cccs1)N(C(=O)CCNc1ccccc1[N+](=O)[O-])CC2. The van der Waals surface area contributed by atoms with Gasteiger partial charge < -0.3 is 19.7 Å². The van der Waals surface area contributed by atoms with Gasteiger partial charge in [-0.15, -0.1) is 11.3 Å². The predicted molar refractivity (Wildman–Crippen MR) is 127 cm³/mol. The molecule has 9 heteroatoms. The largest absolute Gasteiger partial charge is 0.493 e. The first-order chi connectivity index (χ1) is 16.0. The molecule has 2 aromatic carbocycles. The van der Waals surface area contributed by atoms with Gasteiger partial charge in [0.2, 0.25) is 5.91 Å². The molecule has 0 spiro atoms. The maximum absolute atomic E-state index is 13.3. The number of rotatable bonds is 8. The molecule has 1 aliphatic rings. The molecule has 0 radical (unpaired) electrons. The zero-order chi connectivity index (χ0) is 23.4. The van der Waals surface area contributed by atoms with E-state index in [-0.39, 0.29) is 24.1 Å². The maximum Gasteiger partial charge on any atom is 0.292 e. The van der Waals surface area contributed by atoms with Crippen LogP contribution in [0.25, 0.3) is 0 Å². The van der Waals surface area contributed by atoms with Crippen molar-refractivity contribution in [2.75, 3.05) is 32.6 Å². The average Bonchev–Trinajstić information content (AvgIpc) is 3.37. The number of methoxy groups -OCH3 is 2. The number of amides is 1. The number of hydrogen-bond donors (Lipinski definition) is 1. The van der Waals surface area contributed by atoms with Gasteiger partial charge in [0.05, 0.1) is 25.2 Å². The number of anilines is 1. The Morgan fingerprint density at radius 2 is 1.94 bits per heavy atom. The molecule has 8 nitrogen and oxygen atoms in total. The molecule has 172 valence electrons. The van der Waals surface area contributed by atoms with Gasteiger partial charge in [0.1, 0.15) is 5.69 Å². The van der Waals surface area contributed by atoms with Crippen molar-refractivity contribution in [3.8, 4) is 11.5 Å². The second kappa shape index (κ2) is 9.91. The quantitative estimate of drug-likeness (QED) is 0.383. The Bertz CT molecular complexity index is 1150. The summed E-state index contributed by atoms with van der Waals surface area (Å²) in [6.45, 7) is 0.880. The Hall–Kier alpha value is -3.59. The highest BCUT2D eigenvalue weighted by Crippen LogP contribution is 2.42. The number of nitrogens with one attached hydrogen (secondary N) is 1. The van der Waals surface area contributed by atoms with E-state index >= 15 is 0 Å². The molecule has 4 rings (SSSR count). The summed E-state index contributed by atoms with van der Waals surface area (Å²) >= 11 is 1.61. The predicted octanol–water partition coefficient (Wildman–Crippen LogP) is 4.65. The molecule has 0 aliphatic carbocycles. The van der Waals surface area contributed by atoms with Gasteiger partial charge in [0.25, 0.3) is 5.69 Å². The summed E-state index contributed by atoms with van der Waals surface area (Å²) < 4.78 is 11.0. The Morgan fingerprint density at radius 3 is 2.64 bits per heavy atom. The van der Waals surface area contributed by atoms with Gasteiger partial charge in [0, 0.05) is 30.5 Å². The number of nitrogens with zero attached hydrogens (tertiary/aromatic N) is 2. The first-order valence-electron chi connectivity index (χ1n) is 10.6. The first kappa shape index (κ1) is 22.6. The normalized spacial score (nSPS) is 15.0. The summed E-state index contributed by atoms with van der Waals surface area (Å²) in [5, 5.41) is 16.3. The van der Waals surface area contributed by atoms with Gasteiger partial charge in [-0.1, -0.05) is 18.2 Å². The lowest BCUT2D eigenvalue weighted by Gasteiger charge is -2.37. The van der Waals surface area contributed by atoms with Crippen LogP contribution in [0.15, 0.2) is 53.9 Å². The molecule has 0 fully saturated rings. The van der Waals surface area contributed by atoms with Gasteiger partial charge in [-0.3, -0.25) is 14.9 Å². The number of thiophene rings is 1. The van der Waals surface area contributed by atoms with Crippen molar-refractivity contribution in [2.24, 2.45) is 0 Å². The third kappa shape index (κ3) is 4.63. The lowest BCUT2D eigenvalue weighted by atomic mass is 9.90. The van der Waals surface area contributed by atoms with Crippen molar-refractivity contribution in [1.29, 1.82) is 0 Å². The zero-order valence-electron chi connectivity index (χ0n) is 18.4. The summed E-state index contributed by atoms with van der Waals surface area (Å²) in [7, 11) is 3.22. The van der Waals surface area contributed by atoms with E-state index in [1.807, 2.05) is 34.5 Å². The van der Waals surface area contributed by atoms with Crippen molar-refractivity contribution in [3.63, 3.8) is 0 Å². The highest BCUT2D eigenvalue weighted by molar-refractivity contribution is 7.10. The summed E-state index contributed by atoms with van der Waals surface area (Å²) in [4.78, 5) is 27.1. The Balaban J connectivity index is 1.56. The minimum atomic E-state index is -0.430. The molecule has 2 heterocycles. The van der Waals surface area contributed by atoms with E-state index in [0.717, 1.165) is 16.0 Å². The van der Waals surface area contributed by atoms with Crippen LogP contribution in [-0.4, -0.2) is 43.0 Å². The molecule has 33 heavy (non-hydrogen) atoms. The number of nitro benzene ring substituents is 1. The van der Waals surface area contributed by atoms with Gasteiger partial charge >= 0.3 is 0 Å². The maximum atomic E-state index is 13.3. The molecular weight excluding hydrogens is 442 g/mol. The number of benzene rings is 2. The number of ether oxygens (including phenoxy) is 2. The molecule has 1 N–H and O–H groups in total. The lowest BCUT2D eigenvalue weighted by Crippen LogP contribution is -2.41. The highest BCUT2D eigenvalue weighted by Gasteiger charge is 2.33. The Kier molecular flexibility index (Phi) is 6.79. The molecule has 1 aromatic heterocycles. The van der Waals surface area contributed by atoms with Crippen LogP contribution in [0.2, 0.25) is 0 Å². The van der Waals surface area contributed by atoms with Crippen LogP contribution in [0.5, 0.6) is 11.5 Å². The van der Waals surface area contributed by atoms with Crippen LogP contribution in [0.4, 0.5) is 11.4 Å². The van der Waals surface area contributed by atoms with E-state index in [9.17, 15) is 14.9 Å². The van der Waals surface area contributed by atoms with E-state index < -0.39 is 4.92 Å². The summed E-state index contributed by atoms with van der Waals surface area (Å²) in [5.41, 5.74) is 2.56. The van der Waals surface area contributed by atoms with Crippen LogP contribution < -0.4 is 14.8 Å². The standard InChI is InChI=1S/C24H25N3O5S/c1-31-20-14-16-10-12-26(24(22-8-5-13-33-22)17(16)15-21(20)32-2)23(28)9-11-25-18-6-3-4-7-19(18)27(29)30/h3-8,13-15,24-25H,9-12H2,1-2H3. The Labute approximate surface area is 195 Å². The minimum Gasteiger partial charge on any atom is -0.493 e. The van der Waals surface area contributed by atoms with Crippen LogP contribution in [0, 0.1) is 10.1 Å². The van der Waals surface area contributed by atoms with E-state index in [0.29, 0.717) is 36.7 Å². The highest BCUT2D eigenvalue weighted by atomic mass is 32.1. The number of fused-ring (bicyclic) bond motifs is 1. The molecule has 0 bridgehead atoms. The zero-order valence-corrected chi connectivity index (χ0v) is 19.3. The topological polar surface area (TPSA) is 93.9 Å². The average molecular weight is 468 g/mol. The molecule has 1 atom stereocenters. The van der Waals surface area contributed by atoms with E-state index in [2.05, 4.69) is 5.32 Å². The van der Waals surface area contributed by atoms with Crippen LogP contribution in [0.1, 0.15) is 28.5 Å². The van der Waals surface area contributed by atoms with Crippen molar-refractivity contribution in [3.05, 3.63) is 80.0 Å². The van der Waals surface area contributed by atoms with E-state index in [1.54, 1.807) is 43.8 Å². The fraction of sp³-hybridized carbons (Fsp3) is 0.292. The third-order valence-electron chi connectivity index (χ3n) is 5.76. The number of carbonyl (C=O) groups excluding carboxylic acids is 1. The first-order valence-corrected chi connectivity index (χ1v) is 11.5. The molecule has 0 saturated heterocycles. The van der Waals surface area contributed by atoms with Crippen molar-refractivity contribution >= 4 is 28.6 Å². The van der Waals surface area contributed by atoms with E-state index in [1.165, 1.54) is 6.07 Å². The fourth-order valence-electron chi connectivity index (χ4n) is 4.20. The fourth-order valence-corrected chi connectivity index (χ4v) is 5.05. The molecule has 3 aromatic rings. The second-order valence-electron chi connectivity index (χ2n) is 7.61. The van der Waals surface area contributed by atoms with Crippen molar-refractivity contribution in [2.45, 2.75) is 18.9 Å². The molecule has 1 aliphatic heterocycles. The molecule has 1 unspecified atom stereocenters. The van der Waals surface area contributed by atoms with Crippen LogP contribution >= 0.6 is 11.3 Å². The number of carbonyl (C=O) groups is 1. The van der Waals surface area contributed by atoms with Crippen LogP contribution in [-0.2, 0) is 11.2 Å². The summed E-state index contributed by atoms with van der Waals surface area (Å²) in [6.07, 6.45) is 0.928. The van der Waals surface area contributed by atoms with Gasteiger partial charge in [-0.25, -0.2) is 0 Å². The monoisotopic (exact) mass is 467 g/mol. The van der Waals surface area contributed by atoms with Gasteiger partial charge in [-0.05, 0) is 47.2 Å². The van der Waals surface area contributed by atoms with Gasteiger partial charge in [0.15, 0.2) is 11.5 Å².